The number of allylic oxidation sites excluding steroid dienone is 2. The molecule has 10 nitrogen and oxygen atoms in total. The lowest BCUT2D eigenvalue weighted by Crippen LogP contribution is -2.16. The van der Waals surface area contributed by atoms with Crippen LogP contribution in [0.4, 0.5) is 5.69 Å². The van der Waals surface area contributed by atoms with Crippen molar-refractivity contribution in [3.63, 3.8) is 0 Å². The number of amides is 1. The van der Waals surface area contributed by atoms with Gasteiger partial charge in [-0.15, -0.1) is 0 Å². The van der Waals surface area contributed by atoms with Crippen LogP contribution in [-0.2, 0) is 32.1 Å². The largest absolute Gasteiger partial charge is 0.497 e. The highest BCUT2D eigenvalue weighted by atomic mass is 16.6. The molecule has 3 rings (SSSR count). The molecule has 1 aliphatic heterocycles. The van der Waals surface area contributed by atoms with Crippen molar-refractivity contribution in [3.05, 3.63) is 58.2 Å². The van der Waals surface area contributed by atoms with Crippen molar-refractivity contribution in [2.45, 2.75) is 59.0 Å². The third-order valence-electron chi connectivity index (χ3n) is 6.37. The molecule has 208 valence electrons. The molecule has 1 heterocycles. The average molecular weight is 540 g/mol. The second-order valence-corrected chi connectivity index (χ2v) is 9.15. The Bertz CT molecular complexity index is 1300. The minimum absolute atomic E-state index is 0.0117. The minimum Gasteiger partial charge on any atom is -0.497 e. The van der Waals surface area contributed by atoms with E-state index in [1.165, 1.54) is 14.2 Å². The second kappa shape index (κ2) is 13.5. The maximum absolute atomic E-state index is 12.9. The van der Waals surface area contributed by atoms with Crippen LogP contribution >= 0.6 is 0 Å². The van der Waals surface area contributed by atoms with Gasteiger partial charge in [-0.2, -0.15) is 0 Å². The third-order valence-corrected chi connectivity index (χ3v) is 6.37. The van der Waals surface area contributed by atoms with E-state index in [2.05, 4.69) is 5.32 Å². The molecule has 0 aliphatic carbocycles. The zero-order chi connectivity index (χ0) is 28.5. The van der Waals surface area contributed by atoms with Gasteiger partial charge in [0, 0.05) is 42.1 Å². The highest BCUT2D eigenvalue weighted by Gasteiger charge is 2.34. The molecule has 39 heavy (non-hydrogen) atoms. The van der Waals surface area contributed by atoms with Crippen LogP contribution in [0.15, 0.2) is 35.9 Å². The number of fused-ring (bicyclic) bond motifs is 1. The fraction of sp³-hybridized carbons (Fsp3) is 0.379. The fourth-order valence-corrected chi connectivity index (χ4v) is 4.29. The molecule has 0 unspecified atom stereocenters. The van der Waals surface area contributed by atoms with Crippen molar-refractivity contribution in [2.75, 3.05) is 19.5 Å². The van der Waals surface area contributed by atoms with Gasteiger partial charge in [-0.1, -0.05) is 17.7 Å². The number of methoxy groups -OCH3 is 2. The topological polar surface area (TPSA) is 137 Å². The molecule has 1 aliphatic rings. The zero-order valence-corrected chi connectivity index (χ0v) is 22.5. The molecule has 0 radical (unpaired) electrons. The standard InChI is InChI=1S/C29H33NO9/c1-17(12-14-24(32)33)11-13-21-27(37-4)18(2)22-16-38-29(35)26(22)28(21)39-25(34)10-6-9-23(31)30-19-7-5-8-20(15-19)36-3/h5,7-8,11,15H,6,9-10,12-14,16H2,1-4H3,(H,30,31)(H,32,33). The number of aliphatic carboxylic acids is 1. The molecule has 0 spiro atoms. The van der Waals surface area contributed by atoms with Crippen LogP contribution in [0.5, 0.6) is 17.2 Å². The van der Waals surface area contributed by atoms with E-state index in [9.17, 15) is 19.2 Å². The molecule has 2 N–H and O–H groups in total. The minimum atomic E-state index is -0.900. The summed E-state index contributed by atoms with van der Waals surface area (Å²) in [6.45, 7) is 3.65. The molecule has 0 atom stereocenters. The molecule has 0 saturated heterocycles. The number of cyclic esters (lactones) is 1. The lowest BCUT2D eigenvalue weighted by molar-refractivity contribution is -0.137. The van der Waals surface area contributed by atoms with Crippen molar-refractivity contribution in [1.29, 1.82) is 0 Å². The van der Waals surface area contributed by atoms with Gasteiger partial charge in [0.05, 0.1) is 14.2 Å². The number of anilines is 1. The molecule has 0 aromatic heterocycles. The van der Waals surface area contributed by atoms with Gasteiger partial charge >= 0.3 is 17.9 Å². The number of carboxylic acids is 1. The first-order chi connectivity index (χ1) is 18.6. The van der Waals surface area contributed by atoms with Gasteiger partial charge in [0.25, 0.3) is 0 Å². The molecule has 10 heteroatoms. The van der Waals surface area contributed by atoms with Gasteiger partial charge in [-0.05, 0) is 50.8 Å². The molecule has 0 bridgehead atoms. The molecular formula is C29H33NO9. The Labute approximate surface area is 226 Å². The van der Waals surface area contributed by atoms with Crippen molar-refractivity contribution < 1.29 is 43.2 Å². The Morgan fingerprint density at radius 2 is 1.85 bits per heavy atom. The molecule has 1 amide bonds. The van der Waals surface area contributed by atoms with Crippen LogP contribution in [0.1, 0.15) is 66.1 Å². The molecule has 0 fully saturated rings. The predicted octanol–water partition coefficient (Wildman–Crippen LogP) is 4.75. The van der Waals surface area contributed by atoms with Gasteiger partial charge < -0.3 is 29.4 Å². The summed E-state index contributed by atoms with van der Waals surface area (Å²) in [7, 11) is 3.02. The number of carbonyl (C=O) groups is 4. The van der Waals surface area contributed by atoms with E-state index in [1.807, 2.05) is 13.0 Å². The van der Waals surface area contributed by atoms with Crippen LogP contribution in [0.25, 0.3) is 0 Å². The van der Waals surface area contributed by atoms with Gasteiger partial charge in [0.1, 0.15) is 23.7 Å². The molecule has 2 aromatic carbocycles. The lowest BCUT2D eigenvalue weighted by Gasteiger charge is -2.19. The van der Waals surface area contributed by atoms with Gasteiger partial charge in [0.15, 0.2) is 5.75 Å². The first-order valence-electron chi connectivity index (χ1n) is 12.6. The quantitative estimate of drug-likeness (QED) is 0.210. The van der Waals surface area contributed by atoms with Crippen LogP contribution in [0, 0.1) is 6.92 Å². The summed E-state index contributed by atoms with van der Waals surface area (Å²) >= 11 is 0. The highest BCUT2D eigenvalue weighted by molar-refractivity contribution is 5.99. The smallest absolute Gasteiger partial charge is 0.342 e. The Hall–Kier alpha value is -4.34. The van der Waals surface area contributed by atoms with Gasteiger partial charge in [-0.25, -0.2) is 4.79 Å². The van der Waals surface area contributed by atoms with E-state index in [-0.39, 0.29) is 55.9 Å². The van der Waals surface area contributed by atoms with Crippen LogP contribution in [0.2, 0.25) is 0 Å². The normalized spacial score (nSPS) is 12.4. The summed E-state index contributed by atoms with van der Waals surface area (Å²) in [6.07, 6.45) is 2.68. The van der Waals surface area contributed by atoms with Crippen molar-refractivity contribution in [2.24, 2.45) is 0 Å². The van der Waals surface area contributed by atoms with E-state index < -0.39 is 17.9 Å². The van der Waals surface area contributed by atoms with Crippen molar-refractivity contribution >= 4 is 29.5 Å². The molecular weight excluding hydrogens is 506 g/mol. The van der Waals surface area contributed by atoms with Crippen LogP contribution in [0.3, 0.4) is 0 Å². The number of hydrogen-bond donors (Lipinski definition) is 2. The second-order valence-electron chi connectivity index (χ2n) is 9.15. The fourth-order valence-electron chi connectivity index (χ4n) is 4.29. The van der Waals surface area contributed by atoms with E-state index in [0.29, 0.717) is 40.3 Å². The summed E-state index contributed by atoms with van der Waals surface area (Å²) in [5.41, 5.74) is 3.39. The summed E-state index contributed by atoms with van der Waals surface area (Å²) < 4.78 is 21.7. The first kappa shape index (κ1) is 29.2. The number of benzene rings is 2. The monoisotopic (exact) mass is 539 g/mol. The number of esters is 2. The van der Waals surface area contributed by atoms with Crippen LogP contribution in [-0.4, -0.2) is 43.1 Å². The number of nitrogens with one attached hydrogen (secondary N) is 1. The van der Waals surface area contributed by atoms with Crippen molar-refractivity contribution in [1.82, 2.24) is 0 Å². The number of ether oxygens (including phenoxy) is 4. The number of rotatable bonds is 13. The van der Waals surface area contributed by atoms with E-state index in [1.54, 1.807) is 31.2 Å². The van der Waals surface area contributed by atoms with Gasteiger partial charge in [0.2, 0.25) is 5.91 Å². The Balaban J connectivity index is 1.75. The Morgan fingerprint density at radius 3 is 2.54 bits per heavy atom. The maximum Gasteiger partial charge on any atom is 0.342 e. The van der Waals surface area contributed by atoms with E-state index >= 15 is 0 Å². The molecule has 0 saturated carbocycles. The summed E-state index contributed by atoms with van der Waals surface area (Å²) in [6, 6.07) is 6.94. The third kappa shape index (κ3) is 7.59. The van der Waals surface area contributed by atoms with E-state index in [0.717, 1.165) is 5.57 Å². The Kier molecular flexibility index (Phi) is 10.1. The summed E-state index contributed by atoms with van der Waals surface area (Å²) in [5, 5.41) is 11.7. The lowest BCUT2D eigenvalue weighted by atomic mass is 9.94. The molecule has 2 aromatic rings. The highest BCUT2D eigenvalue weighted by Crippen LogP contribution is 2.43. The average Bonchev–Trinajstić information content (AvgIpc) is 3.29. The SMILES string of the molecule is COc1cccc(NC(=O)CCCC(=O)Oc2c(CC=C(C)CCC(=O)O)c(OC)c(C)c3c2C(=O)OC3)c1. The number of hydrogen-bond acceptors (Lipinski definition) is 8. The summed E-state index contributed by atoms with van der Waals surface area (Å²) in [4.78, 5) is 48.7. The summed E-state index contributed by atoms with van der Waals surface area (Å²) in [5.74, 6) is -1.21. The maximum atomic E-state index is 12.9. The van der Waals surface area contributed by atoms with Crippen molar-refractivity contribution in [3.8, 4) is 17.2 Å². The predicted molar refractivity (Wildman–Crippen MR) is 142 cm³/mol. The van der Waals surface area contributed by atoms with Crippen LogP contribution < -0.4 is 19.5 Å². The number of carbonyl (C=O) groups excluding carboxylic acids is 3. The van der Waals surface area contributed by atoms with E-state index in [4.69, 9.17) is 24.1 Å². The van der Waals surface area contributed by atoms with Gasteiger partial charge in [-0.3, -0.25) is 14.4 Å². The number of carboxylic acid groups (broad SMARTS) is 1. The Morgan fingerprint density at radius 1 is 1.08 bits per heavy atom. The zero-order valence-electron chi connectivity index (χ0n) is 22.5. The first-order valence-corrected chi connectivity index (χ1v) is 12.6.